The van der Waals surface area contributed by atoms with Gasteiger partial charge in [0.2, 0.25) is 11.7 Å². The number of allylic oxidation sites excluding steroid dienone is 1. The molecule has 0 radical (unpaired) electrons. The summed E-state index contributed by atoms with van der Waals surface area (Å²) in [5.41, 5.74) is -0.686. The third kappa shape index (κ3) is 5.94. The molecule has 1 aliphatic carbocycles. The Kier molecular flexibility index (Phi) is 7.94. The molecule has 1 heterocycles. The van der Waals surface area contributed by atoms with E-state index in [9.17, 15) is 23.2 Å². The van der Waals surface area contributed by atoms with E-state index in [0.29, 0.717) is 4.99 Å². The van der Waals surface area contributed by atoms with Gasteiger partial charge in [-0.3, -0.25) is 14.5 Å². The maximum Gasteiger partial charge on any atom is 0.414 e. The van der Waals surface area contributed by atoms with Crippen molar-refractivity contribution in [1.29, 1.82) is 0 Å². The lowest BCUT2D eigenvalue weighted by Gasteiger charge is -2.19. The predicted molar refractivity (Wildman–Crippen MR) is 124 cm³/mol. The maximum absolute atomic E-state index is 14.9. The first-order valence-electron chi connectivity index (χ1n) is 10.4. The molecule has 34 heavy (non-hydrogen) atoms. The number of amides is 2. The number of nitrogens with zero attached hydrogens (tertiary/aromatic N) is 1. The van der Waals surface area contributed by atoms with Crippen LogP contribution in [0.4, 0.5) is 25.0 Å². The quantitative estimate of drug-likeness (QED) is 0.424. The van der Waals surface area contributed by atoms with Crippen LogP contribution in [0.25, 0.3) is 0 Å². The topological polar surface area (TPSA) is 120 Å². The van der Waals surface area contributed by atoms with E-state index in [4.69, 9.17) is 22.1 Å². The Balaban J connectivity index is 1.78. The molecule has 12 heteroatoms. The first-order chi connectivity index (χ1) is 16.1. The summed E-state index contributed by atoms with van der Waals surface area (Å²) in [4.78, 5) is 37.7. The van der Waals surface area contributed by atoms with Crippen molar-refractivity contribution in [2.75, 3.05) is 29.9 Å². The van der Waals surface area contributed by atoms with Crippen molar-refractivity contribution in [1.82, 2.24) is 10.6 Å². The highest BCUT2D eigenvalue weighted by Crippen LogP contribution is 2.30. The van der Waals surface area contributed by atoms with E-state index >= 15 is 0 Å². The van der Waals surface area contributed by atoms with E-state index in [1.165, 1.54) is 18.2 Å². The van der Waals surface area contributed by atoms with Gasteiger partial charge in [-0.05, 0) is 13.0 Å². The predicted octanol–water partition coefficient (Wildman–Crippen LogP) is 1.77. The molecule has 2 aliphatic rings. The number of rotatable bonds is 7. The molecule has 1 aliphatic heterocycles. The van der Waals surface area contributed by atoms with Gasteiger partial charge in [-0.1, -0.05) is 31.3 Å². The molecule has 0 bridgehead atoms. The molecule has 3 rings (SSSR count). The minimum absolute atomic E-state index is 0.0339. The van der Waals surface area contributed by atoms with Crippen molar-refractivity contribution in [3.63, 3.8) is 0 Å². The van der Waals surface area contributed by atoms with Crippen LogP contribution in [0.15, 0.2) is 36.1 Å². The second kappa shape index (κ2) is 10.7. The minimum Gasteiger partial charge on any atom is -0.442 e. The molecule has 1 fully saturated rings. The molecule has 1 aromatic carbocycles. The van der Waals surface area contributed by atoms with Crippen LogP contribution in [-0.4, -0.2) is 59.7 Å². The number of ketones is 1. The Morgan fingerprint density at radius 3 is 2.59 bits per heavy atom. The molecule has 2 amide bonds. The van der Waals surface area contributed by atoms with E-state index in [1.54, 1.807) is 13.8 Å². The minimum atomic E-state index is -1.01. The highest BCUT2D eigenvalue weighted by molar-refractivity contribution is 7.80. The number of anilines is 2. The monoisotopic (exact) mass is 494 g/mol. The van der Waals surface area contributed by atoms with Gasteiger partial charge in [0.1, 0.15) is 18.4 Å². The summed E-state index contributed by atoms with van der Waals surface area (Å²) < 4.78 is 34.9. The van der Waals surface area contributed by atoms with Gasteiger partial charge in [0, 0.05) is 18.1 Å². The fourth-order valence-corrected chi connectivity index (χ4v) is 3.57. The van der Waals surface area contributed by atoms with E-state index < -0.39 is 59.8 Å². The smallest absolute Gasteiger partial charge is 0.414 e. The summed E-state index contributed by atoms with van der Waals surface area (Å²) >= 11 is 4.92. The number of nitrogens with one attached hydrogen (secondary N) is 3. The number of hydrogen-bond donors (Lipinski definition) is 4. The highest BCUT2D eigenvalue weighted by atomic mass is 32.1. The Morgan fingerprint density at radius 1 is 1.29 bits per heavy atom. The van der Waals surface area contributed by atoms with Crippen molar-refractivity contribution in [3.8, 4) is 0 Å². The van der Waals surface area contributed by atoms with Crippen molar-refractivity contribution in [2.24, 2.45) is 5.92 Å². The molecule has 1 aromatic rings. The average Bonchev–Trinajstić information content (AvgIpc) is 3.10. The van der Waals surface area contributed by atoms with Crippen molar-refractivity contribution >= 4 is 46.4 Å². The third-order valence-electron chi connectivity index (χ3n) is 5.24. The number of halogens is 2. The summed E-state index contributed by atoms with van der Waals surface area (Å²) in [5.74, 6) is -3.63. The van der Waals surface area contributed by atoms with Gasteiger partial charge >= 0.3 is 6.09 Å². The van der Waals surface area contributed by atoms with Crippen LogP contribution in [0.3, 0.4) is 0 Å². The number of thiocarbonyl (C=S) groups is 1. The van der Waals surface area contributed by atoms with Gasteiger partial charge in [-0.15, -0.1) is 0 Å². The van der Waals surface area contributed by atoms with Crippen molar-refractivity contribution < 1.29 is 33.0 Å². The Hall–Kier alpha value is -3.38. The first kappa shape index (κ1) is 25.2. The number of carbonyl (C=O) groups is 3. The second-order valence-electron chi connectivity index (χ2n) is 7.88. The Morgan fingerprint density at radius 2 is 1.97 bits per heavy atom. The SMILES string of the molecule is CC(=S)NCC1CN(c2cc(F)c(NC3=CC(C)C(NC(=O)CO)C=CC3=O)c(F)c2)C(=O)O1. The second-order valence-corrected chi connectivity index (χ2v) is 8.49. The number of hydrogen-bond acceptors (Lipinski definition) is 7. The Bertz CT molecular complexity index is 1050. The summed E-state index contributed by atoms with van der Waals surface area (Å²) in [6.45, 7) is 3.00. The molecule has 9 nitrogen and oxygen atoms in total. The highest BCUT2D eigenvalue weighted by Gasteiger charge is 2.33. The maximum atomic E-state index is 14.9. The number of carbonyl (C=O) groups excluding carboxylic acids is 3. The van der Waals surface area contributed by atoms with E-state index in [-0.39, 0.29) is 24.5 Å². The number of benzene rings is 1. The lowest BCUT2D eigenvalue weighted by atomic mass is 10.0. The van der Waals surface area contributed by atoms with Gasteiger partial charge in [0.25, 0.3) is 0 Å². The zero-order valence-corrected chi connectivity index (χ0v) is 19.2. The van der Waals surface area contributed by atoms with Crippen LogP contribution >= 0.6 is 12.2 Å². The number of ether oxygens (including phenoxy) is 1. The standard InChI is InChI=1S/C22H24F2N4O5S/c1-11-5-18(19(30)4-3-17(11)26-20(31)10-29)27-21-15(23)6-13(7-16(21)24)28-9-14(33-22(28)32)8-25-12(2)34/h3-7,11,14,17,27,29H,8-10H2,1-2H3,(H,25,34)(H,26,31). The van der Waals surface area contributed by atoms with E-state index in [0.717, 1.165) is 17.0 Å². The largest absolute Gasteiger partial charge is 0.442 e. The van der Waals surface area contributed by atoms with Gasteiger partial charge in [-0.25, -0.2) is 13.6 Å². The van der Waals surface area contributed by atoms with E-state index in [2.05, 4.69) is 16.0 Å². The molecule has 0 aromatic heterocycles. The van der Waals surface area contributed by atoms with Gasteiger partial charge < -0.3 is 25.8 Å². The van der Waals surface area contributed by atoms with Crippen molar-refractivity contribution in [2.45, 2.75) is 26.0 Å². The van der Waals surface area contributed by atoms with Crippen LogP contribution in [-0.2, 0) is 14.3 Å². The molecular weight excluding hydrogens is 470 g/mol. The molecule has 182 valence electrons. The molecule has 0 saturated carbocycles. The number of aliphatic hydroxyl groups is 1. The van der Waals surface area contributed by atoms with E-state index in [1.807, 2.05) is 0 Å². The zero-order valence-electron chi connectivity index (χ0n) is 18.4. The zero-order chi connectivity index (χ0) is 25.0. The van der Waals surface area contributed by atoms with Crippen LogP contribution in [0, 0.1) is 17.6 Å². The average molecular weight is 495 g/mol. The van der Waals surface area contributed by atoms with Crippen LogP contribution in [0.2, 0.25) is 0 Å². The van der Waals surface area contributed by atoms with Crippen LogP contribution < -0.4 is 20.9 Å². The molecule has 0 spiro atoms. The molecule has 3 unspecified atom stereocenters. The Labute approximate surface area is 199 Å². The number of aliphatic hydroxyl groups excluding tert-OH is 1. The molecule has 1 saturated heterocycles. The van der Waals surface area contributed by atoms with Gasteiger partial charge in [0.15, 0.2) is 11.6 Å². The number of cyclic esters (lactones) is 1. The lowest BCUT2D eigenvalue weighted by molar-refractivity contribution is -0.124. The summed E-state index contributed by atoms with van der Waals surface area (Å²) in [6.07, 6.45) is 2.76. The van der Waals surface area contributed by atoms with Crippen LogP contribution in [0.1, 0.15) is 13.8 Å². The molecular formula is C22H24F2N4O5S. The van der Waals surface area contributed by atoms with Gasteiger partial charge in [-0.2, -0.15) is 0 Å². The fraction of sp³-hybridized carbons (Fsp3) is 0.364. The summed E-state index contributed by atoms with van der Waals surface area (Å²) in [6, 6.07) is 1.35. The fourth-order valence-electron chi connectivity index (χ4n) is 3.49. The first-order valence-corrected chi connectivity index (χ1v) is 10.8. The van der Waals surface area contributed by atoms with Crippen molar-refractivity contribution in [3.05, 3.63) is 47.7 Å². The summed E-state index contributed by atoms with van der Waals surface area (Å²) in [5, 5.41) is 16.8. The van der Waals surface area contributed by atoms with Gasteiger partial charge in [0.05, 0.1) is 35.5 Å². The normalized spacial score (nSPS) is 22.1. The molecule has 4 N–H and O–H groups in total. The molecule has 3 atom stereocenters. The summed E-state index contributed by atoms with van der Waals surface area (Å²) in [7, 11) is 0. The third-order valence-corrected chi connectivity index (χ3v) is 5.38. The lowest BCUT2D eigenvalue weighted by Crippen LogP contribution is -2.38. The van der Waals surface area contributed by atoms with Crippen LogP contribution in [0.5, 0.6) is 0 Å².